The molecule has 112 valence electrons. The van der Waals surface area contributed by atoms with Crippen LogP contribution >= 0.6 is 0 Å². The van der Waals surface area contributed by atoms with Gasteiger partial charge in [0.15, 0.2) is 5.78 Å². The van der Waals surface area contributed by atoms with Gasteiger partial charge < -0.3 is 10.1 Å². The fourth-order valence-corrected chi connectivity index (χ4v) is 1.75. The van der Waals surface area contributed by atoms with Gasteiger partial charge in [-0.15, -0.1) is 0 Å². The Labute approximate surface area is 124 Å². The number of nitrogens with one attached hydrogen (secondary N) is 1. The maximum Gasteiger partial charge on any atom is 0.408 e. The molecule has 0 aromatic heterocycles. The molecule has 0 aliphatic heterocycles. The van der Waals surface area contributed by atoms with E-state index < -0.39 is 17.7 Å². The molecule has 0 unspecified atom stereocenters. The van der Waals surface area contributed by atoms with Crippen molar-refractivity contribution in [2.75, 3.05) is 0 Å². The van der Waals surface area contributed by atoms with E-state index in [2.05, 4.69) is 5.32 Å². The van der Waals surface area contributed by atoms with Gasteiger partial charge in [-0.05, 0) is 32.8 Å². The van der Waals surface area contributed by atoms with Crippen molar-refractivity contribution in [3.63, 3.8) is 0 Å². The Morgan fingerprint density at radius 2 is 1.90 bits per heavy atom. The summed E-state index contributed by atoms with van der Waals surface area (Å²) < 4.78 is 5.15. The molecule has 5 heteroatoms. The first-order valence-corrected chi connectivity index (χ1v) is 6.75. The van der Waals surface area contributed by atoms with Crippen LogP contribution < -0.4 is 5.32 Å². The molecule has 21 heavy (non-hydrogen) atoms. The quantitative estimate of drug-likeness (QED) is 0.903. The molecule has 1 aromatic carbocycles. The van der Waals surface area contributed by atoms with Crippen LogP contribution in [0.4, 0.5) is 4.79 Å². The molecule has 5 nitrogen and oxygen atoms in total. The molecule has 0 spiro atoms. The molecule has 1 amide bonds. The van der Waals surface area contributed by atoms with Crippen LogP contribution in [0.5, 0.6) is 0 Å². The minimum Gasteiger partial charge on any atom is -0.444 e. The van der Waals surface area contributed by atoms with E-state index in [9.17, 15) is 9.59 Å². The molecular formula is C16H20N2O3. The molecule has 1 aromatic rings. The molecule has 0 fully saturated rings. The van der Waals surface area contributed by atoms with Crippen molar-refractivity contribution in [2.45, 2.75) is 45.3 Å². The fraction of sp³-hybridized carbons (Fsp3) is 0.438. The van der Waals surface area contributed by atoms with E-state index in [1.807, 2.05) is 36.4 Å². The molecular weight excluding hydrogens is 268 g/mol. The second-order valence-corrected chi connectivity index (χ2v) is 5.69. The van der Waals surface area contributed by atoms with Gasteiger partial charge in [0.05, 0.1) is 18.5 Å². The third kappa shape index (κ3) is 6.57. The van der Waals surface area contributed by atoms with Gasteiger partial charge in [-0.2, -0.15) is 5.26 Å². The number of benzene rings is 1. The maximum absolute atomic E-state index is 12.0. The number of amides is 1. The maximum atomic E-state index is 12.0. The van der Waals surface area contributed by atoms with Gasteiger partial charge in [0.25, 0.3) is 0 Å². The number of nitriles is 1. The number of rotatable bonds is 5. The van der Waals surface area contributed by atoms with Gasteiger partial charge >= 0.3 is 6.09 Å². The third-order valence-corrected chi connectivity index (χ3v) is 2.62. The number of Topliss-reactive ketones (excluding diaryl/α,β-unsaturated/α-hetero) is 1. The predicted octanol–water partition coefficient (Wildman–Crippen LogP) is 2.61. The Kier molecular flexibility index (Phi) is 5.92. The van der Waals surface area contributed by atoms with Gasteiger partial charge in [-0.3, -0.25) is 4.79 Å². The monoisotopic (exact) mass is 288 g/mol. The van der Waals surface area contributed by atoms with Crippen molar-refractivity contribution in [1.82, 2.24) is 5.32 Å². The number of hydrogen-bond donors (Lipinski definition) is 1. The first-order chi connectivity index (χ1) is 9.81. The molecule has 1 atom stereocenters. The zero-order valence-electron chi connectivity index (χ0n) is 12.6. The van der Waals surface area contributed by atoms with Crippen LogP contribution in [0.15, 0.2) is 30.3 Å². The summed E-state index contributed by atoms with van der Waals surface area (Å²) in [6.45, 7) is 5.24. The number of carbonyl (C=O) groups excluding carboxylic acids is 2. The standard InChI is InChI=1S/C16H20N2O3/c1-16(2,3)21-15(20)18-13(14(19)9-10-17)11-12-7-5-4-6-8-12/h4-8,13H,9,11H2,1-3H3,(H,18,20)/t13-/m0/s1. The second-order valence-electron chi connectivity index (χ2n) is 5.69. The summed E-state index contributed by atoms with van der Waals surface area (Å²) in [5, 5.41) is 11.2. The lowest BCUT2D eigenvalue weighted by atomic mass is 10.0. The molecule has 0 aliphatic rings. The average Bonchev–Trinajstić information content (AvgIpc) is 2.37. The van der Waals surface area contributed by atoms with E-state index in [1.54, 1.807) is 20.8 Å². The Morgan fingerprint density at radius 1 is 1.29 bits per heavy atom. The Bertz CT molecular complexity index is 527. The molecule has 0 bridgehead atoms. The smallest absolute Gasteiger partial charge is 0.408 e. The average molecular weight is 288 g/mol. The number of ketones is 1. The van der Waals surface area contributed by atoms with E-state index in [1.165, 1.54) is 0 Å². The fourth-order valence-electron chi connectivity index (χ4n) is 1.75. The Morgan fingerprint density at radius 3 is 2.43 bits per heavy atom. The van der Waals surface area contributed by atoms with Crippen LogP contribution in [0.2, 0.25) is 0 Å². The van der Waals surface area contributed by atoms with Crippen molar-refractivity contribution < 1.29 is 14.3 Å². The second kappa shape index (κ2) is 7.44. The molecule has 0 saturated heterocycles. The summed E-state index contributed by atoms with van der Waals surface area (Å²) in [4.78, 5) is 23.8. The van der Waals surface area contributed by atoms with E-state index in [-0.39, 0.29) is 12.2 Å². The topological polar surface area (TPSA) is 79.2 Å². The van der Waals surface area contributed by atoms with Crippen LogP contribution in [-0.2, 0) is 16.0 Å². The highest BCUT2D eigenvalue weighted by molar-refractivity contribution is 5.89. The number of nitrogens with zero attached hydrogens (tertiary/aromatic N) is 1. The summed E-state index contributed by atoms with van der Waals surface area (Å²) in [5.41, 5.74) is 0.268. The van der Waals surface area contributed by atoms with Crippen molar-refractivity contribution in [3.05, 3.63) is 35.9 Å². The Hall–Kier alpha value is -2.35. The van der Waals surface area contributed by atoms with E-state index in [4.69, 9.17) is 10.00 Å². The molecule has 0 heterocycles. The largest absolute Gasteiger partial charge is 0.444 e. The van der Waals surface area contributed by atoms with Crippen molar-refractivity contribution >= 4 is 11.9 Å². The lowest BCUT2D eigenvalue weighted by molar-refractivity contribution is -0.120. The predicted molar refractivity (Wildman–Crippen MR) is 78.5 cm³/mol. The van der Waals surface area contributed by atoms with E-state index in [0.29, 0.717) is 6.42 Å². The highest BCUT2D eigenvalue weighted by Crippen LogP contribution is 2.09. The molecule has 0 saturated carbocycles. The first-order valence-electron chi connectivity index (χ1n) is 6.75. The number of hydrogen-bond acceptors (Lipinski definition) is 4. The minimum atomic E-state index is -0.762. The minimum absolute atomic E-state index is 0.243. The SMILES string of the molecule is CC(C)(C)OC(=O)N[C@@H](Cc1ccccc1)C(=O)CC#N. The van der Waals surface area contributed by atoms with Crippen LogP contribution in [0.3, 0.4) is 0 Å². The van der Waals surface area contributed by atoms with Gasteiger partial charge in [0.2, 0.25) is 0 Å². The number of ether oxygens (including phenoxy) is 1. The van der Waals surface area contributed by atoms with E-state index >= 15 is 0 Å². The lowest BCUT2D eigenvalue weighted by Crippen LogP contribution is -2.44. The Balaban J connectivity index is 2.76. The van der Waals surface area contributed by atoms with Gasteiger partial charge in [-0.25, -0.2) is 4.79 Å². The van der Waals surface area contributed by atoms with Crippen molar-refractivity contribution in [3.8, 4) is 6.07 Å². The molecule has 1 rings (SSSR count). The van der Waals surface area contributed by atoms with Crippen LogP contribution in [0, 0.1) is 11.3 Å². The molecule has 0 radical (unpaired) electrons. The zero-order valence-corrected chi connectivity index (χ0v) is 12.6. The summed E-state index contributed by atoms with van der Waals surface area (Å²) in [6.07, 6.45) is -0.567. The summed E-state index contributed by atoms with van der Waals surface area (Å²) in [6, 6.07) is 10.4. The molecule has 1 N–H and O–H groups in total. The first kappa shape index (κ1) is 16.7. The van der Waals surface area contributed by atoms with Gasteiger partial charge in [-0.1, -0.05) is 30.3 Å². The van der Waals surface area contributed by atoms with Crippen LogP contribution in [0.25, 0.3) is 0 Å². The molecule has 0 aliphatic carbocycles. The van der Waals surface area contributed by atoms with Crippen molar-refractivity contribution in [2.24, 2.45) is 0 Å². The van der Waals surface area contributed by atoms with Crippen LogP contribution in [0.1, 0.15) is 32.8 Å². The normalized spacial score (nSPS) is 12.1. The highest BCUT2D eigenvalue weighted by atomic mass is 16.6. The summed E-state index contributed by atoms with van der Waals surface area (Å²) in [7, 11) is 0. The summed E-state index contributed by atoms with van der Waals surface area (Å²) >= 11 is 0. The number of alkyl carbamates (subject to hydrolysis) is 1. The van der Waals surface area contributed by atoms with Gasteiger partial charge in [0.1, 0.15) is 5.60 Å². The zero-order chi connectivity index (χ0) is 15.9. The van der Waals surface area contributed by atoms with Crippen molar-refractivity contribution in [1.29, 1.82) is 5.26 Å². The van der Waals surface area contributed by atoms with Gasteiger partial charge in [0, 0.05) is 0 Å². The lowest BCUT2D eigenvalue weighted by Gasteiger charge is -2.22. The summed E-state index contributed by atoms with van der Waals surface area (Å²) in [5.74, 6) is -0.327. The highest BCUT2D eigenvalue weighted by Gasteiger charge is 2.24. The number of carbonyl (C=O) groups is 2. The third-order valence-electron chi connectivity index (χ3n) is 2.62. The van der Waals surface area contributed by atoms with E-state index in [0.717, 1.165) is 5.56 Å². The van der Waals surface area contributed by atoms with Crippen LogP contribution in [-0.4, -0.2) is 23.5 Å².